The standard InChI is InChI=1S/C13H15NO4S2/c1-9-4-7-13(19-9)20(15,16)14-10-5-6-11(17-2)12(8-10)18-3/h4-8,14H,1-3H3. The van der Waals surface area contributed by atoms with Gasteiger partial charge in [-0.1, -0.05) is 0 Å². The summed E-state index contributed by atoms with van der Waals surface area (Å²) in [6, 6.07) is 8.21. The molecule has 20 heavy (non-hydrogen) atoms. The minimum absolute atomic E-state index is 0.282. The molecule has 2 rings (SSSR count). The quantitative estimate of drug-likeness (QED) is 0.922. The Balaban J connectivity index is 2.30. The van der Waals surface area contributed by atoms with Crippen LogP contribution >= 0.6 is 11.3 Å². The first-order valence-corrected chi connectivity index (χ1v) is 8.07. The second-order valence-corrected chi connectivity index (χ2v) is 7.24. The van der Waals surface area contributed by atoms with Crippen LogP contribution in [0.4, 0.5) is 5.69 Å². The molecule has 2 aromatic rings. The third kappa shape index (κ3) is 3.05. The van der Waals surface area contributed by atoms with Gasteiger partial charge in [-0.2, -0.15) is 0 Å². The number of sulfonamides is 1. The number of nitrogens with one attached hydrogen (secondary N) is 1. The van der Waals surface area contributed by atoms with E-state index in [1.807, 2.05) is 6.92 Å². The summed E-state index contributed by atoms with van der Waals surface area (Å²) in [5, 5.41) is 0. The molecule has 0 aliphatic carbocycles. The van der Waals surface area contributed by atoms with Crippen LogP contribution in [0.15, 0.2) is 34.5 Å². The maximum Gasteiger partial charge on any atom is 0.271 e. The predicted molar refractivity (Wildman–Crippen MR) is 79.4 cm³/mol. The number of hydrogen-bond acceptors (Lipinski definition) is 5. The monoisotopic (exact) mass is 313 g/mol. The number of rotatable bonds is 5. The van der Waals surface area contributed by atoms with E-state index >= 15 is 0 Å². The van der Waals surface area contributed by atoms with Gasteiger partial charge in [0.05, 0.1) is 19.9 Å². The lowest BCUT2D eigenvalue weighted by Gasteiger charge is -2.11. The Morgan fingerprint density at radius 1 is 1.05 bits per heavy atom. The normalized spacial score (nSPS) is 11.2. The predicted octanol–water partition coefficient (Wildman–Crippen LogP) is 2.87. The van der Waals surface area contributed by atoms with Gasteiger partial charge in [0, 0.05) is 10.9 Å². The van der Waals surface area contributed by atoms with Crippen molar-refractivity contribution in [2.75, 3.05) is 18.9 Å². The number of ether oxygens (including phenoxy) is 2. The Labute approximate surface area is 122 Å². The zero-order valence-corrected chi connectivity index (χ0v) is 13.0. The van der Waals surface area contributed by atoms with Crippen LogP contribution in [0.1, 0.15) is 4.88 Å². The Morgan fingerprint density at radius 2 is 1.75 bits per heavy atom. The molecule has 0 bridgehead atoms. The molecule has 0 amide bonds. The molecule has 7 heteroatoms. The van der Waals surface area contributed by atoms with Crippen LogP contribution in [-0.2, 0) is 10.0 Å². The number of thiophene rings is 1. The van der Waals surface area contributed by atoms with Gasteiger partial charge in [0.1, 0.15) is 4.21 Å². The molecule has 0 aliphatic rings. The van der Waals surface area contributed by atoms with Crippen LogP contribution in [0.3, 0.4) is 0 Å². The van der Waals surface area contributed by atoms with Crippen LogP contribution < -0.4 is 14.2 Å². The van der Waals surface area contributed by atoms with E-state index in [9.17, 15) is 8.42 Å². The van der Waals surface area contributed by atoms with Crippen LogP contribution in [0.2, 0.25) is 0 Å². The summed E-state index contributed by atoms with van der Waals surface area (Å²) in [7, 11) is -0.542. The van der Waals surface area contributed by atoms with E-state index in [0.29, 0.717) is 17.2 Å². The highest BCUT2D eigenvalue weighted by molar-refractivity contribution is 7.94. The molecular weight excluding hydrogens is 298 g/mol. The molecule has 1 aromatic carbocycles. The number of benzene rings is 1. The third-order valence-corrected chi connectivity index (χ3v) is 5.49. The molecule has 1 heterocycles. The number of methoxy groups -OCH3 is 2. The maximum atomic E-state index is 12.2. The van der Waals surface area contributed by atoms with Gasteiger partial charge in [-0.25, -0.2) is 8.42 Å². The topological polar surface area (TPSA) is 64.6 Å². The lowest BCUT2D eigenvalue weighted by atomic mass is 10.3. The van der Waals surface area contributed by atoms with Gasteiger partial charge in [-0.3, -0.25) is 4.72 Å². The molecule has 5 nitrogen and oxygen atoms in total. The summed E-state index contributed by atoms with van der Waals surface area (Å²) in [5.74, 6) is 1.01. The van der Waals surface area contributed by atoms with E-state index < -0.39 is 10.0 Å². The summed E-state index contributed by atoms with van der Waals surface area (Å²) in [6.07, 6.45) is 0. The fourth-order valence-electron chi connectivity index (χ4n) is 1.66. The molecule has 0 radical (unpaired) electrons. The molecule has 0 fully saturated rings. The van der Waals surface area contributed by atoms with Crippen LogP contribution in [0, 0.1) is 6.92 Å². The molecule has 1 aromatic heterocycles. The van der Waals surface area contributed by atoms with Gasteiger partial charge >= 0.3 is 0 Å². The second kappa shape index (κ2) is 5.72. The van der Waals surface area contributed by atoms with E-state index in [2.05, 4.69) is 4.72 Å². The average molecular weight is 313 g/mol. The summed E-state index contributed by atoms with van der Waals surface area (Å²) >= 11 is 1.23. The van der Waals surface area contributed by atoms with E-state index in [-0.39, 0.29) is 4.21 Å². The first kappa shape index (κ1) is 14.7. The van der Waals surface area contributed by atoms with Crippen molar-refractivity contribution in [1.82, 2.24) is 0 Å². The number of aryl methyl sites for hydroxylation is 1. The fraction of sp³-hybridized carbons (Fsp3) is 0.231. The number of anilines is 1. The van der Waals surface area contributed by atoms with E-state index in [4.69, 9.17) is 9.47 Å². The van der Waals surface area contributed by atoms with E-state index in [1.54, 1.807) is 30.3 Å². The lowest BCUT2D eigenvalue weighted by Crippen LogP contribution is -2.11. The minimum atomic E-state index is -3.56. The summed E-state index contributed by atoms with van der Waals surface area (Å²) in [6.45, 7) is 1.86. The van der Waals surface area contributed by atoms with Crippen molar-refractivity contribution in [3.05, 3.63) is 35.2 Å². The SMILES string of the molecule is COc1ccc(NS(=O)(=O)c2ccc(C)s2)cc1OC. The molecule has 0 aliphatic heterocycles. The zero-order valence-electron chi connectivity index (χ0n) is 11.3. The molecule has 1 N–H and O–H groups in total. The summed E-state index contributed by atoms with van der Waals surface area (Å²) < 4.78 is 37.4. The second-order valence-electron chi connectivity index (χ2n) is 4.04. The van der Waals surface area contributed by atoms with Crippen molar-refractivity contribution in [2.45, 2.75) is 11.1 Å². The van der Waals surface area contributed by atoms with Crippen molar-refractivity contribution in [3.63, 3.8) is 0 Å². The summed E-state index contributed by atoms with van der Waals surface area (Å²) in [4.78, 5) is 0.942. The highest BCUT2D eigenvalue weighted by atomic mass is 32.2. The van der Waals surface area contributed by atoms with Crippen molar-refractivity contribution in [1.29, 1.82) is 0 Å². The van der Waals surface area contributed by atoms with Crippen LogP contribution in [0.5, 0.6) is 11.5 Å². The summed E-state index contributed by atoms with van der Waals surface area (Å²) in [5.41, 5.74) is 0.425. The lowest BCUT2D eigenvalue weighted by molar-refractivity contribution is 0.355. The highest BCUT2D eigenvalue weighted by Gasteiger charge is 2.17. The van der Waals surface area contributed by atoms with Crippen molar-refractivity contribution >= 4 is 27.0 Å². The van der Waals surface area contributed by atoms with Gasteiger partial charge in [0.15, 0.2) is 11.5 Å². The van der Waals surface area contributed by atoms with Crippen LogP contribution in [-0.4, -0.2) is 22.6 Å². The Hall–Kier alpha value is -1.73. The minimum Gasteiger partial charge on any atom is -0.493 e. The third-order valence-electron chi connectivity index (χ3n) is 2.62. The first-order chi connectivity index (χ1) is 9.46. The van der Waals surface area contributed by atoms with E-state index in [1.165, 1.54) is 25.6 Å². The first-order valence-electron chi connectivity index (χ1n) is 5.77. The largest absolute Gasteiger partial charge is 0.493 e. The fourth-order valence-corrected chi connectivity index (χ4v) is 3.99. The molecule has 0 saturated carbocycles. The van der Waals surface area contributed by atoms with Gasteiger partial charge in [-0.15, -0.1) is 11.3 Å². The van der Waals surface area contributed by atoms with Gasteiger partial charge in [0.2, 0.25) is 0 Å². The van der Waals surface area contributed by atoms with Gasteiger partial charge in [-0.05, 0) is 31.2 Å². The average Bonchev–Trinajstić information content (AvgIpc) is 2.85. The Kier molecular flexibility index (Phi) is 4.20. The molecule has 108 valence electrons. The van der Waals surface area contributed by atoms with Crippen molar-refractivity contribution < 1.29 is 17.9 Å². The molecule has 0 spiro atoms. The van der Waals surface area contributed by atoms with Crippen molar-refractivity contribution in [3.8, 4) is 11.5 Å². The van der Waals surface area contributed by atoms with Gasteiger partial charge < -0.3 is 9.47 Å². The van der Waals surface area contributed by atoms with Crippen molar-refractivity contribution in [2.24, 2.45) is 0 Å². The zero-order chi connectivity index (χ0) is 14.8. The molecule has 0 saturated heterocycles. The number of hydrogen-bond donors (Lipinski definition) is 1. The van der Waals surface area contributed by atoms with E-state index in [0.717, 1.165) is 4.88 Å². The highest BCUT2D eigenvalue weighted by Crippen LogP contribution is 2.31. The van der Waals surface area contributed by atoms with Gasteiger partial charge in [0.25, 0.3) is 10.0 Å². The smallest absolute Gasteiger partial charge is 0.271 e. The van der Waals surface area contributed by atoms with Crippen LogP contribution in [0.25, 0.3) is 0 Å². The Morgan fingerprint density at radius 3 is 2.30 bits per heavy atom. The molecule has 0 unspecified atom stereocenters. The Bertz CT molecular complexity index is 707. The molecular formula is C13H15NO4S2. The maximum absolute atomic E-state index is 12.2. The molecule has 0 atom stereocenters.